The maximum absolute atomic E-state index is 5.65. The number of rotatable bonds is 10. The molecule has 0 aromatic carbocycles. The molecule has 1 saturated heterocycles. The second-order valence-corrected chi connectivity index (χ2v) is 6.39. The molecule has 0 bridgehead atoms. The second-order valence-electron chi connectivity index (χ2n) is 6.39. The summed E-state index contributed by atoms with van der Waals surface area (Å²) in [6.45, 7) is 12.9. The second kappa shape index (κ2) is 10.2. The summed E-state index contributed by atoms with van der Waals surface area (Å²) in [6, 6.07) is 0. The highest BCUT2D eigenvalue weighted by molar-refractivity contribution is 5.24. The van der Waals surface area contributed by atoms with Crippen LogP contribution in [0.25, 0.3) is 0 Å². The smallest absolute Gasteiger partial charge is 0.0683 e. The van der Waals surface area contributed by atoms with Crippen molar-refractivity contribution in [3.05, 3.63) is 23.3 Å². The molecule has 0 aliphatic carbocycles. The molecule has 0 spiro atoms. The molecule has 1 atom stereocenters. The van der Waals surface area contributed by atoms with Gasteiger partial charge >= 0.3 is 0 Å². The minimum absolute atomic E-state index is 0.621. The van der Waals surface area contributed by atoms with Gasteiger partial charge in [-0.25, -0.2) is 0 Å². The molecule has 1 nitrogen and oxygen atoms in total. The summed E-state index contributed by atoms with van der Waals surface area (Å²) in [5.41, 5.74) is 4.65. The molecule has 1 rings (SSSR count). The molecule has 1 fully saturated rings. The molecule has 1 unspecified atom stereocenters. The molecule has 116 valence electrons. The number of hydrogen-bond donors (Lipinski definition) is 0. The third kappa shape index (κ3) is 6.26. The lowest BCUT2D eigenvalue weighted by Crippen LogP contribution is -2.02. The van der Waals surface area contributed by atoms with Crippen LogP contribution >= 0.6 is 0 Å². The van der Waals surface area contributed by atoms with Crippen molar-refractivity contribution in [3.8, 4) is 0 Å². The number of hydrogen-bond acceptors (Lipinski definition) is 1. The van der Waals surface area contributed by atoms with Gasteiger partial charge in [-0.1, -0.05) is 64.2 Å². The number of allylic oxidation sites excluding steroid dienone is 2. The van der Waals surface area contributed by atoms with Crippen molar-refractivity contribution >= 4 is 0 Å². The first kappa shape index (κ1) is 17.5. The van der Waals surface area contributed by atoms with E-state index in [1.807, 2.05) is 0 Å². The van der Waals surface area contributed by atoms with Gasteiger partial charge in [0.05, 0.1) is 13.2 Å². The van der Waals surface area contributed by atoms with Crippen LogP contribution in [0.5, 0.6) is 0 Å². The molecule has 0 aromatic rings. The van der Waals surface area contributed by atoms with Gasteiger partial charge < -0.3 is 4.74 Å². The minimum atomic E-state index is 0.621. The zero-order valence-corrected chi connectivity index (χ0v) is 14.0. The van der Waals surface area contributed by atoms with Gasteiger partial charge in [0.15, 0.2) is 0 Å². The summed E-state index contributed by atoms with van der Waals surface area (Å²) in [5.74, 6) is 0.621. The quantitative estimate of drug-likeness (QED) is 0.349. The third-order valence-electron chi connectivity index (χ3n) is 4.35. The number of unbranched alkanes of at least 4 members (excludes halogenated alkanes) is 4. The highest BCUT2D eigenvalue weighted by Crippen LogP contribution is 2.30. The first-order valence-corrected chi connectivity index (χ1v) is 8.64. The summed E-state index contributed by atoms with van der Waals surface area (Å²) in [6.07, 6.45) is 11.5. The van der Waals surface area contributed by atoms with Crippen molar-refractivity contribution in [2.45, 2.75) is 78.6 Å². The monoisotopic (exact) mass is 278 g/mol. The van der Waals surface area contributed by atoms with Crippen molar-refractivity contribution < 1.29 is 4.74 Å². The summed E-state index contributed by atoms with van der Waals surface area (Å²) in [5, 5.41) is 0. The van der Waals surface area contributed by atoms with E-state index < -0.39 is 0 Å². The lowest BCUT2D eigenvalue weighted by Gasteiger charge is -2.15. The van der Waals surface area contributed by atoms with Gasteiger partial charge in [0.2, 0.25) is 0 Å². The Morgan fingerprint density at radius 3 is 2.45 bits per heavy atom. The van der Waals surface area contributed by atoms with E-state index in [4.69, 9.17) is 4.74 Å². The first-order chi connectivity index (χ1) is 9.69. The van der Waals surface area contributed by atoms with Crippen LogP contribution in [0.4, 0.5) is 0 Å². The maximum atomic E-state index is 5.65. The molecule has 0 saturated carbocycles. The first-order valence-electron chi connectivity index (χ1n) is 8.64. The molecule has 1 heterocycles. The zero-order chi connectivity index (χ0) is 14.8. The van der Waals surface area contributed by atoms with Crippen molar-refractivity contribution in [2.75, 3.05) is 13.2 Å². The van der Waals surface area contributed by atoms with Gasteiger partial charge in [-0.3, -0.25) is 0 Å². The normalized spacial score (nSPS) is 21.2. The fourth-order valence-electron chi connectivity index (χ4n) is 2.98. The van der Waals surface area contributed by atoms with E-state index >= 15 is 0 Å². The molecule has 0 amide bonds. The Kier molecular flexibility index (Phi) is 8.93. The Bertz CT molecular complexity index is 314. The van der Waals surface area contributed by atoms with Crippen molar-refractivity contribution in [1.29, 1.82) is 0 Å². The summed E-state index contributed by atoms with van der Waals surface area (Å²) in [7, 11) is 0. The average Bonchev–Trinajstić information content (AvgIpc) is 2.86. The molecular weight excluding hydrogens is 244 g/mol. The van der Waals surface area contributed by atoms with E-state index in [-0.39, 0.29) is 0 Å². The van der Waals surface area contributed by atoms with Crippen LogP contribution in [0.15, 0.2) is 23.3 Å². The van der Waals surface area contributed by atoms with Gasteiger partial charge in [-0.05, 0) is 37.7 Å². The summed E-state index contributed by atoms with van der Waals surface area (Å²) in [4.78, 5) is 0. The Balaban J connectivity index is 2.57. The Morgan fingerprint density at radius 1 is 1.10 bits per heavy atom. The van der Waals surface area contributed by atoms with E-state index in [1.165, 1.54) is 56.9 Å². The van der Waals surface area contributed by atoms with Crippen LogP contribution in [0.1, 0.15) is 78.6 Å². The van der Waals surface area contributed by atoms with Gasteiger partial charge in [-0.2, -0.15) is 0 Å². The fourth-order valence-corrected chi connectivity index (χ4v) is 2.98. The zero-order valence-electron chi connectivity index (χ0n) is 14.0. The molecule has 0 N–H and O–H groups in total. The van der Waals surface area contributed by atoms with Gasteiger partial charge in [0.1, 0.15) is 0 Å². The van der Waals surface area contributed by atoms with Crippen molar-refractivity contribution in [3.63, 3.8) is 0 Å². The van der Waals surface area contributed by atoms with Crippen LogP contribution in [-0.4, -0.2) is 13.2 Å². The predicted molar refractivity (Wildman–Crippen MR) is 89.1 cm³/mol. The van der Waals surface area contributed by atoms with Crippen LogP contribution < -0.4 is 0 Å². The van der Waals surface area contributed by atoms with Crippen LogP contribution in [-0.2, 0) is 4.74 Å². The molecule has 20 heavy (non-hydrogen) atoms. The van der Waals surface area contributed by atoms with E-state index in [0.717, 1.165) is 19.6 Å². The van der Waals surface area contributed by atoms with Gasteiger partial charge in [0.25, 0.3) is 0 Å². The van der Waals surface area contributed by atoms with Crippen LogP contribution in [0.2, 0.25) is 0 Å². The predicted octanol–water partition coefficient (Wildman–Crippen LogP) is 6.06. The highest BCUT2D eigenvalue weighted by atomic mass is 16.5. The standard InChI is InChI=1S/C19H34O/c1-5-7-9-10-12-18(13-16(3)11-8-6-2)19-15-20-14-17(19)4/h17H,3,5-15H2,1-2,4H3/b19-18-. The fraction of sp³-hybridized carbons (Fsp3) is 0.789. The van der Waals surface area contributed by atoms with E-state index in [1.54, 1.807) is 11.1 Å². The van der Waals surface area contributed by atoms with Gasteiger partial charge in [-0.15, -0.1) is 0 Å². The lowest BCUT2D eigenvalue weighted by molar-refractivity contribution is 0.191. The molecule has 1 aliphatic heterocycles. The SMILES string of the molecule is C=C(CCCC)C/C(CCCCCC)=C1/COCC1C. The molecule has 1 heteroatoms. The topological polar surface area (TPSA) is 9.23 Å². The minimum Gasteiger partial charge on any atom is -0.376 e. The largest absolute Gasteiger partial charge is 0.376 e. The van der Waals surface area contributed by atoms with E-state index in [2.05, 4.69) is 27.4 Å². The molecule has 1 aliphatic rings. The Morgan fingerprint density at radius 2 is 1.85 bits per heavy atom. The van der Waals surface area contributed by atoms with Crippen LogP contribution in [0, 0.1) is 5.92 Å². The van der Waals surface area contributed by atoms with E-state index in [9.17, 15) is 0 Å². The average molecular weight is 278 g/mol. The molecular formula is C19H34O. The van der Waals surface area contributed by atoms with Crippen LogP contribution in [0.3, 0.4) is 0 Å². The maximum Gasteiger partial charge on any atom is 0.0683 e. The van der Waals surface area contributed by atoms with Crippen molar-refractivity contribution in [2.24, 2.45) is 5.92 Å². The Hall–Kier alpha value is -0.560. The van der Waals surface area contributed by atoms with E-state index in [0.29, 0.717) is 5.92 Å². The third-order valence-corrected chi connectivity index (χ3v) is 4.35. The lowest BCUT2D eigenvalue weighted by atomic mass is 9.89. The molecule has 0 aromatic heterocycles. The number of ether oxygens (including phenoxy) is 1. The van der Waals surface area contributed by atoms with Gasteiger partial charge in [0, 0.05) is 5.92 Å². The summed E-state index contributed by atoms with van der Waals surface area (Å²) >= 11 is 0. The van der Waals surface area contributed by atoms with Crippen molar-refractivity contribution in [1.82, 2.24) is 0 Å². The summed E-state index contributed by atoms with van der Waals surface area (Å²) < 4.78 is 5.65. The molecule has 0 radical (unpaired) electrons. The highest BCUT2D eigenvalue weighted by Gasteiger charge is 2.20. The Labute approximate surface area is 126 Å².